The van der Waals surface area contributed by atoms with Gasteiger partial charge in [-0.2, -0.15) is 0 Å². The molecule has 0 bridgehead atoms. The van der Waals surface area contributed by atoms with Crippen molar-refractivity contribution >= 4 is 15.7 Å². The minimum atomic E-state index is -3.29. The van der Waals surface area contributed by atoms with E-state index in [0.717, 1.165) is 17.7 Å². The lowest BCUT2D eigenvalue weighted by atomic mass is 10.2. The van der Waals surface area contributed by atoms with Gasteiger partial charge in [0.2, 0.25) is 10.0 Å². The molecule has 1 aromatic carbocycles. The van der Waals surface area contributed by atoms with Crippen molar-refractivity contribution in [2.24, 2.45) is 5.73 Å². The lowest BCUT2D eigenvalue weighted by molar-refractivity contribution is 0.580. The molecule has 1 aliphatic heterocycles. The van der Waals surface area contributed by atoms with Crippen LogP contribution in [0.15, 0.2) is 24.3 Å². The van der Waals surface area contributed by atoms with Crippen molar-refractivity contribution in [1.82, 2.24) is 0 Å². The topological polar surface area (TPSA) is 63.4 Å². The zero-order valence-corrected chi connectivity index (χ0v) is 10.1. The smallest absolute Gasteiger partial charge is 0.239 e. The molecule has 0 radical (unpaired) electrons. The second kappa shape index (κ2) is 4.07. The number of nitrogens with two attached hydrogens (primary N) is 1. The summed E-state index contributed by atoms with van der Waals surface area (Å²) in [5.74, 6) is 0. The summed E-state index contributed by atoms with van der Waals surface area (Å²) in [5, 5.41) is -0.529. The Labute approximate surface area is 96.1 Å². The molecular weight excluding hydrogens is 224 g/mol. The van der Waals surface area contributed by atoms with Gasteiger partial charge in [0, 0.05) is 13.1 Å². The molecule has 1 atom stereocenters. The number of fused-ring (bicyclic) bond motifs is 1. The second-order valence-corrected chi connectivity index (χ2v) is 6.32. The molecule has 1 aromatic rings. The lowest BCUT2D eigenvalue weighted by Gasteiger charge is -2.23. The zero-order valence-electron chi connectivity index (χ0n) is 9.26. The highest BCUT2D eigenvalue weighted by atomic mass is 32.2. The maximum absolute atomic E-state index is 12.2. The van der Waals surface area contributed by atoms with E-state index < -0.39 is 15.3 Å². The predicted octanol–water partition coefficient (Wildman–Crippen LogP) is 0.726. The largest absolute Gasteiger partial charge is 0.329 e. The molecule has 1 unspecified atom stereocenters. The summed E-state index contributed by atoms with van der Waals surface area (Å²) in [7, 11) is -3.29. The van der Waals surface area contributed by atoms with Crippen molar-refractivity contribution in [2.45, 2.75) is 18.6 Å². The third-order valence-electron chi connectivity index (χ3n) is 2.99. The number of sulfonamides is 1. The van der Waals surface area contributed by atoms with E-state index in [2.05, 4.69) is 0 Å². The van der Waals surface area contributed by atoms with Crippen LogP contribution in [0.5, 0.6) is 0 Å². The normalized spacial score (nSPS) is 17.2. The van der Waals surface area contributed by atoms with Gasteiger partial charge in [0.1, 0.15) is 0 Å². The van der Waals surface area contributed by atoms with Crippen molar-refractivity contribution in [3.05, 3.63) is 29.8 Å². The van der Waals surface area contributed by atoms with E-state index in [1.54, 1.807) is 6.92 Å². The lowest BCUT2D eigenvalue weighted by Crippen LogP contribution is -2.39. The van der Waals surface area contributed by atoms with Crippen LogP contribution in [0.2, 0.25) is 0 Å². The number of anilines is 1. The Kier molecular flexibility index (Phi) is 2.90. The van der Waals surface area contributed by atoms with Crippen molar-refractivity contribution in [3.63, 3.8) is 0 Å². The van der Waals surface area contributed by atoms with E-state index in [-0.39, 0.29) is 6.54 Å². The first-order chi connectivity index (χ1) is 7.57. The van der Waals surface area contributed by atoms with Gasteiger partial charge in [-0.05, 0) is 25.0 Å². The third kappa shape index (κ3) is 1.70. The van der Waals surface area contributed by atoms with Crippen molar-refractivity contribution in [1.29, 1.82) is 0 Å². The van der Waals surface area contributed by atoms with E-state index in [1.807, 2.05) is 24.3 Å². The molecule has 1 aliphatic rings. The summed E-state index contributed by atoms with van der Waals surface area (Å²) in [4.78, 5) is 0. The quantitative estimate of drug-likeness (QED) is 0.847. The first-order valence-corrected chi connectivity index (χ1v) is 6.87. The minimum Gasteiger partial charge on any atom is -0.329 e. The molecule has 0 saturated heterocycles. The van der Waals surface area contributed by atoms with Gasteiger partial charge in [-0.3, -0.25) is 4.31 Å². The highest BCUT2D eigenvalue weighted by Crippen LogP contribution is 2.30. The fourth-order valence-electron chi connectivity index (χ4n) is 1.91. The molecule has 2 N–H and O–H groups in total. The first kappa shape index (κ1) is 11.4. The maximum Gasteiger partial charge on any atom is 0.239 e. The average molecular weight is 240 g/mol. The maximum atomic E-state index is 12.2. The number of benzene rings is 1. The molecule has 0 fully saturated rings. The van der Waals surface area contributed by atoms with Crippen molar-refractivity contribution in [2.75, 3.05) is 17.4 Å². The van der Waals surface area contributed by atoms with E-state index in [4.69, 9.17) is 5.73 Å². The van der Waals surface area contributed by atoms with Crippen LogP contribution in [0.4, 0.5) is 5.69 Å². The van der Waals surface area contributed by atoms with E-state index >= 15 is 0 Å². The van der Waals surface area contributed by atoms with E-state index in [1.165, 1.54) is 4.31 Å². The van der Waals surface area contributed by atoms with Gasteiger partial charge in [-0.25, -0.2) is 8.42 Å². The van der Waals surface area contributed by atoms with E-state index in [0.29, 0.717) is 6.54 Å². The fourth-order valence-corrected chi connectivity index (χ4v) is 3.39. The monoisotopic (exact) mass is 240 g/mol. The summed E-state index contributed by atoms with van der Waals surface area (Å²) in [6, 6.07) is 7.61. The highest BCUT2D eigenvalue weighted by Gasteiger charge is 2.32. The molecular formula is C11H16N2O2S. The van der Waals surface area contributed by atoms with Crippen LogP contribution in [0.1, 0.15) is 12.5 Å². The highest BCUT2D eigenvalue weighted by molar-refractivity contribution is 7.93. The molecule has 4 nitrogen and oxygen atoms in total. The van der Waals surface area contributed by atoms with Gasteiger partial charge in [0.25, 0.3) is 0 Å². The second-order valence-electron chi connectivity index (χ2n) is 4.04. The molecule has 0 aliphatic carbocycles. The van der Waals surface area contributed by atoms with Gasteiger partial charge in [0.15, 0.2) is 0 Å². The Hall–Kier alpha value is -1.07. The van der Waals surface area contributed by atoms with Crippen molar-refractivity contribution in [3.8, 4) is 0 Å². The molecule has 2 rings (SSSR count). The van der Waals surface area contributed by atoms with Gasteiger partial charge in [-0.1, -0.05) is 18.2 Å². The Balaban J connectivity index is 2.39. The molecule has 1 heterocycles. The Morgan fingerprint density at radius 3 is 2.81 bits per heavy atom. The van der Waals surface area contributed by atoms with Crippen LogP contribution in [-0.2, 0) is 16.4 Å². The molecule has 0 spiro atoms. The summed E-state index contributed by atoms with van der Waals surface area (Å²) in [6.45, 7) is 2.34. The molecule has 88 valence electrons. The van der Waals surface area contributed by atoms with Crippen LogP contribution < -0.4 is 10.0 Å². The fraction of sp³-hybridized carbons (Fsp3) is 0.455. The number of hydrogen-bond donors (Lipinski definition) is 1. The van der Waals surface area contributed by atoms with Gasteiger partial charge in [0.05, 0.1) is 10.9 Å². The van der Waals surface area contributed by atoms with Gasteiger partial charge >= 0.3 is 0 Å². The Morgan fingerprint density at radius 2 is 2.12 bits per heavy atom. The molecule has 0 amide bonds. The number of hydrogen-bond acceptors (Lipinski definition) is 3. The van der Waals surface area contributed by atoms with Crippen LogP contribution >= 0.6 is 0 Å². The van der Waals surface area contributed by atoms with Crippen LogP contribution in [0.25, 0.3) is 0 Å². The zero-order chi connectivity index (χ0) is 11.8. The molecule has 0 aromatic heterocycles. The molecule has 5 heteroatoms. The number of nitrogens with zero attached hydrogens (tertiary/aromatic N) is 1. The molecule has 0 saturated carbocycles. The summed E-state index contributed by atoms with van der Waals surface area (Å²) in [6.07, 6.45) is 0.784. The first-order valence-electron chi connectivity index (χ1n) is 5.37. The standard InChI is InChI=1S/C11H16N2O2S/c1-9(8-12)16(14,15)13-7-6-10-4-2-3-5-11(10)13/h2-5,9H,6-8,12H2,1H3. The van der Waals surface area contributed by atoms with Gasteiger partial charge in [-0.15, -0.1) is 0 Å². The van der Waals surface area contributed by atoms with Crippen LogP contribution in [-0.4, -0.2) is 26.8 Å². The minimum absolute atomic E-state index is 0.154. The Bertz CT molecular complexity index is 485. The van der Waals surface area contributed by atoms with Gasteiger partial charge < -0.3 is 5.73 Å². The predicted molar refractivity (Wildman–Crippen MR) is 64.9 cm³/mol. The summed E-state index contributed by atoms with van der Waals surface area (Å²) >= 11 is 0. The Morgan fingerprint density at radius 1 is 1.44 bits per heavy atom. The van der Waals surface area contributed by atoms with Crippen molar-refractivity contribution < 1.29 is 8.42 Å². The molecule has 16 heavy (non-hydrogen) atoms. The number of rotatable bonds is 3. The van der Waals surface area contributed by atoms with Crippen LogP contribution in [0.3, 0.4) is 0 Å². The summed E-state index contributed by atoms with van der Waals surface area (Å²) in [5.41, 5.74) is 7.34. The number of para-hydroxylation sites is 1. The third-order valence-corrected chi connectivity index (χ3v) is 5.20. The summed E-state index contributed by atoms with van der Waals surface area (Å²) < 4.78 is 25.8. The average Bonchev–Trinajstić information content (AvgIpc) is 2.72. The van der Waals surface area contributed by atoms with E-state index in [9.17, 15) is 8.42 Å². The van der Waals surface area contributed by atoms with Crippen LogP contribution in [0, 0.1) is 0 Å². The SMILES string of the molecule is CC(CN)S(=O)(=O)N1CCc2ccccc21.